The smallest absolute Gasteiger partial charge is 0.144 e. The minimum atomic E-state index is -0.0916. The van der Waals surface area contributed by atoms with Gasteiger partial charge >= 0.3 is 0 Å². The molecule has 11 heavy (non-hydrogen) atoms. The molecule has 1 aliphatic rings. The maximum atomic E-state index is 11.1. The van der Waals surface area contributed by atoms with Gasteiger partial charge < -0.3 is 0 Å². The molecule has 1 aliphatic carbocycles. The van der Waals surface area contributed by atoms with E-state index in [9.17, 15) is 9.59 Å². The van der Waals surface area contributed by atoms with Crippen LogP contribution in [0.15, 0.2) is 0 Å². The largest absolute Gasteiger partial charge is 0.299 e. The highest BCUT2D eigenvalue weighted by Gasteiger charge is 2.36. The second-order valence-electron chi connectivity index (χ2n) is 3.08. The summed E-state index contributed by atoms with van der Waals surface area (Å²) in [6.07, 6.45) is 1.28. The number of Topliss-reactive ketones (excluding diaryl/α,β-unsaturated/α-hetero) is 2. The summed E-state index contributed by atoms with van der Waals surface area (Å²) in [5, 5.41) is 0. The van der Waals surface area contributed by atoms with E-state index in [1.807, 2.05) is 6.92 Å². The fourth-order valence-corrected chi connectivity index (χ4v) is 1.56. The SMILES string of the molecule is [B]CCC1C(=O)CC(=O)C1C. The van der Waals surface area contributed by atoms with Gasteiger partial charge in [0.15, 0.2) is 0 Å². The van der Waals surface area contributed by atoms with Crippen molar-refractivity contribution in [3.63, 3.8) is 0 Å². The zero-order valence-electron chi connectivity index (χ0n) is 6.67. The monoisotopic (exact) mass is 150 g/mol. The first-order valence-corrected chi connectivity index (χ1v) is 3.92. The van der Waals surface area contributed by atoms with Crippen molar-refractivity contribution in [1.29, 1.82) is 0 Å². The van der Waals surface area contributed by atoms with Crippen molar-refractivity contribution in [2.45, 2.75) is 26.1 Å². The van der Waals surface area contributed by atoms with Gasteiger partial charge in [-0.05, 0) is 0 Å². The lowest BCUT2D eigenvalue weighted by Gasteiger charge is -2.09. The van der Waals surface area contributed by atoms with Gasteiger partial charge in [-0.2, -0.15) is 0 Å². The topological polar surface area (TPSA) is 34.1 Å². The van der Waals surface area contributed by atoms with Crippen molar-refractivity contribution >= 4 is 19.4 Å². The molecule has 0 aromatic rings. The summed E-state index contributed by atoms with van der Waals surface area (Å²) < 4.78 is 0. The molecule has 2 nitrogen and oxygen atoms in total. The van der Waals surface area contributed by atoms with E-state index in [2.05, 4.69) is 0 Å². The molecule has 0 bridgehead atoms. The summed E-state index contributed by atoms with van der Waals surface area (Å²) in [4.78, 5) is 22.1. The second kappa shape index (κ2) is 3.20. The summed E-state index contributed by atoms with van der Waals surface area (Å²) >= 11 is 0. The van der Waals surface area contributed by atoms with Crippen LogP contribution in [-0.2, 0) is 9.59 Å². The van der Waals surface area contributed by atoms with Crippen LogP contribution in [0.5, 0.6) is 0 Å². The lowest BCUT2D eigenvalue weighted by molar-refractivity contribution is -0.122. The van der Waals surface area contributed by atoms with Crippen molar-refractivity contribution in [2.75, 3.05) is 0 Å². The molecule has 0 aromatic heterocycles. The molecular weight excluding hydrogens is 139 g/mol. The van der Waals surface area contributed by atoms with Crippen molar-refractivity contribution in [1.82, 2.24) is 0 Å². The van der Waals surface area contributed by atoms with Crippen LogP contribution in [0.25, 0.3) is 0 Å². The number of carbonyl (C=O) groups is 2. The van der Waals surface area contributed by atoms with E-state index in [1.165, 1.54) is 0 Å². The van der Waals surface area contributed by atoms with E-state index in [4.69, 9.17) is 7.85 Å². The number of carbonyl (C=O) groups excluding carboxylic acids is 2. The Morgan fingerprint density at radius 3 is 2.45 bits per heavy atom. The fourth-order valence-electron chi connectivity index (χ4n) is 1.56. The molecule has 2 unspecified atom stereocenters. The average Bonchev–Trinajstić information content (AvgIpc) is 2.17. The Labute approximate surface area is 67.8 Å². The third-order valence-corrected chi connectivity index (χ3v) is 2.35. The van der Waals surface area contributed by atoms with Gasteiger partial charge in [0, 0.05) is 11.8 Å². The molecule has 2 radical (unpaired) electrons. The van der Waals surface area contributed by atoms with Gasteiger partial charge in [0.25, 0.3) is 0 Å². The number of hydrogen-bond donors (Lipinski definition) is 0. The third-order valence-electron chi connectivity index (χ3n) is 2.35. The Morgan fingerprint density at radius 2 is 2.09 bits per heavy atom. The Balaban J connectivity index is 2.63. The van der Waals surface area contributed by atoms with Crippen LogP contribution in [0.2, 0.25) is 6.32 Å². The molecular formula is C8H11BO2. The standard InChI is InChI=1S/C8H11BO2/c1-5-6(2-3-9)8(11)4-7(5)10/h5-6H,2-4H2,1H3. The van der Waals surface area contributed by atoms with E-state index < -0.39 is 0 Å². The lowest BCUT2D eigenvalue weighted by Crippen LogP contribution is -2.14. The van der Waals surface area contributed by atoms with E-state index in [-0.39, 0.29) is 29.8 Å². The van der Waals surface area contributed by atoms with Gasteiger partial charge in [-0.3, -0.25) is 9.59 Å². The first kappa shape index (κ1) is 8.50. The molecule has 0 spiro atoms. The highest BCUT2D eigenvalue weighted by atomic mass is 16.2. The van der Waals surface area contributed by atoms with E-state index in [0.717, 1.165) is 0 Å². The molecule has 1 saturated carbocycles. The lowest BCUT2D eigenvalue weighted by atomic mass is 9.87. The van der Waals surface area contributed by atoms with Crippen LogP contribution in [0.4, 0.5) is 0 Å². The summed E-state index contributed by atoms with van der Waals surface area (Å²) in [5.41, 5.74) is 0. The molecule has 0 amide bonds. The van der Waals surface area contributed by atoms with E-state index in [0.29, 0.717) is 12.7 Å². The quantitative estimate of drug-likeness (QED) is 0.430. The maximum Gasteiger partial charge on any atom is 0.144 e. The zero-order chi connectivity index (χ0) is 8.43. The van der Waals surface area contributed by atoms with Gasteiger partial charge in [-0.15, -0.1) is 0 Å². The predicted octanol–water partition coefficient (Wildman–Crippen LogP) is 0.757. The van der Waals surface area contributed by atoms with Crippen molar-refractivity contribution in [3.8, 4) is 0 Å². The molecule has 1 fully saturated rings. The fraction of sp³-hybridized carbons (Fsp3) is 0.750. The summed E-state index contributed by atoms with van der Waals surface area (Å²) in [5.74, 6) is -0.0278. The van der Waals surface area contributed by atoms with Crippen molar-refractivity contribution < 1.29 is 9.59 Å². The highest BCUT2D eigenvalue weighted by Crippen LogP contribution is 2.28. The summed E-state index contributed by atoms with van der Waals surface area (Å²) in [7, 11) is 5.31. The zero-order valence-corrected chi connectivity index (χ0v) is 6.67. The van der Waals surface area contributed by atoms with Crippen molar-refractivity contribution in [3.05, 3.63) is 0 Å². The third kappa shape index (κ3) is 1.52. The number of ketones is 2. The van der Waals surface area contributed by atoms with Crippen LogP contribution < -0.4 is 0 Å². The van der Waals surface area contributed by atoms with Gasteiger partial charge in [-0.25, -0.2) is 0 Å². The molecule has 0 aliphatic heterocycles. The Bertz CT molecular complexity index is 189. The first-order chi connectivity index (χ1) is 5.16. The average molecular weight is 150 g/mol. The number of hydrogen-bond acceptors (Lipinski definition) is 2. The minimum Gasteiger partial charge on any atom is -0.299 e. The Hall–Kier alpha value is -0.595. The molecule has 0 saturated heterocycles. The summed E-state index contributed by atoms with van der Waals surface area (Å²) in [6, 6.07) is 0. The second-order valence-corrected chi connectivity index (χ2v) is 3.08. The van der Waals surface area contributed by atoms with E-state index >= 15 is 0 Å². The van der Waals surface area contributed by atoms with Crippen LogP contribution in [0.1, 0.15) is 19.8 Å². The van der Waals surface area contributed by atoms with Gasteiger partial charge in [0.2, 0.25) is 0 Å². The maximum absolute atomic E-state index is 11.1. The highest BCUT2D eigenvalue weighted by molar-refractivity contribution is 6.10. The minimum absolute atomic E-state index is 0.0768. The molecule has 0 heterocycles. The van der Waals surface area contributed by atoms with Crippen LogP contribution in [-0.4, -0.2) is 19.4 Å². The molecule has 3 heteroatoms. The Morgan fingerprint density at radius 1 is 1.45 bits per heavy atom. The van der Waals surface area contributed by atoms with Crippen molar-refractivity contribution in [2.24, 2.45) is 11.8 Å². The molecule has 0 N–H and O–H groups in total. The summed E-state index contributed by atoms with van der Waals surface area (Å²) in [6.45, 7) is 1.81. The Kier molecular flexibility index (Phi) is 2.47. The predicted molar refractivity (Wildman–Crippen MR) is 42.5 cm³/mol. The van der Waals surface area contributed by atoms with Gasteiger partial charge in [0.05, 0.1) is 14.3 Å². The van der Waals surface area contributed by atoms with E-state index in [1.54, 1.807) is 0 Å². The molecule has 2 atom stereocenters. The van der Waals surface area contributed by atoms with Crippen LogP contribution in [0.3, 0.4) is 0 Å². The number of rotatable bonds is 2. The molecule has 1 rings (SSSR count). The normalized spacial score (nSPS) is 31.4. The molecule has 0 aromatic carbocycles. The molecule has 58 valence electrons. The van der Waals surface area contributed by atoms with Gasteiger partial charge in [-0.1, -0.05) is 19.7 Å². The van der Waals surface area contributed by atoms with Crippen LogP contribution >= 0.6 is 0 Å². The van der Waals surface area contributed by atoms with Gasteiger partial charge in [0.1, 0.15) is 11.6 Å². The van der Waals surface area contributed by atoms with Crippen LogP contribution in [0, 0.1) is 11.8 Å². The first-order valence-electron chi connectivity index (χ1n) is 3.92.